The number of halogens is 1. The predicted molar refractivity (Wildman–Crippen MR) is 82.3 cm³/mol. The highest BCUT2D eigenvalue weighted by Gasteiger charge is 2.28. The molecule has 1 amide bonds. The number of nitrogens with one attached hydrogen (secondary N) is 1. The fraction of sp³-hybridized carbons (Fsp3) is 0.250. The SMILES string of the molecule is O=C(c1cccnc1)N1CCNCC1c1cccc(Cl)c1. The first-order chi connectivity index (χ1) is 10.3. The second-order valence-corrected chi connectivity index (χ2v) is 5.45. The summed E-state index contributed by atoms with van der Waals surface area (Å²) in [4.78, 5) is 18.6. The lowest BCUT2D eigenvalue weighted by molar-refractivity contribution is 0.0634. The molecule has 1 unspecified atom stereocenters. The van der Waals surface area contributed by atoms with Crippen LogP contribution in [0.3, 0.4) is 0 Å². The third-order valence-electron chi connectivity index (χ3n) is 3.65. The molecule has 1 saturated heterocycles. The number of pyridine rings is 1. The highest BCUT2D eigenvalue weighted by atomic mass is 35.5. The Morgan fingerprint density at radius 3 is 3.00 bits per heavy atom. The molecule has 0 bridgehead atoms. The second-order valence-electron chi connectivity index (χ2n) is 5.02. The number of carbonyl (C=O) groups is 1. The first-order valence-corrected chi connectivity index (χ1v) is 7.30. The number of carbonyl (C=O) groups excluding carboxylic acids is 1. The summed E-state index contributed by atoms with van der Waals surface area (Å²) in [6.45, 7) is 2.19. The Kier molecular flexibility index (Phi) is 4.18. The van der Waals surface area contributed by atoms with E-state index in [2.05, 4.69) is 10.3 Å². The molecular weight excluding hydrogens is 286 g/mol. The number of rotatable bonds is 2. The summed E-state index contributed by atoms with van der Waals surface area (Å²) in [6, 6.07) is 11.3. The number of amides is 1. The van der Waals surface area contributed by atoms with Crippen molar-refractivity contribution in [2.45, 2.75) is 6.04 Å². The molecule has 1 aromatic heterocycles. The van der Waals surface area contributed by atoms with Crippen molar-refractivity contribution in [2.24, 2.45) is 0 Å². The molecule has 2 aromatic rings. The molecule has 1 aliphatic rings. The van der Waals surface area contributed by atoms with Crippen LogP contribution in [0, 0.1) is 0 Å². The maximum Gasteiger partial charge on any atom is 0.256 e. The van der Waals surface area contributed by atoms with Crippen LogP contribution in [0.2, 0.25) is 5.02 Å². The van der Waals surface area contributed by atoms with Gasteiger partial charge >= 0.3 is 0 Å². The van der Waals surface area contributed by atoms with E-state index in [0.717, 1.165) is 18.7 Å². The average Bonchev–Trinajstić information content (AvgIpc) is 2.55. The molecule has 1 atom stereocenters. The van der Waals surface area contributed by atoms with Gasteiger partial charge in [-0.2, -0.15) is 0 Å². The van der Waals surface area contributed by atoms with Crippen molar-refractivity contribution in [1.82, 2.24) is 15.2 Å². The van der Waals surface area contributed by atoms with E-state index < -0.39 is 0 Å². The predicted octanol–water partition coefficient (Wildman–Crippen LogP) is 2.52. The highest BCUT2D eigenvalue weighted by molar-refractivity contribution is 6.30. The normalized spacial score (nSPS) is 18.5. The molecule has 0 saturated carbocycles. The smallest absolute Gasteiger partial charge is 0.256 e. The lowest BCUT2D eigenvalue weighted by Crippen LogP contribution is -2.48. The largest absolute Gasteiger partial charge is 0.329 e. The van der Waals surface area contributed by atoms with Gasteiger partial charge in [0, 0.05) is 37.1 Å². The Morgan fingerprint density at radius 2 is 2.24 bits per heavy atom. The minimum Gasteiger partial charge on any atom is -0.329 e. The molecule has 108 valence electrons. The maximum atomic E-state index is 12.7. The van der Waals surface area contributed by atoms with Gasteiger partial charge in [0.15, 0.2) is 0 Å². The van der Waals surface area contributed by atoms with Crippen LogP contribution in [-0.2, 0) is 0 Å². The molecule has 1 fully saturated rings. The van der Waals surface area contributed by atoms with Crippen LogP contribution < -0.4 is 5.32 Å². The van der Waals surface area contributed by atoms with Crippen LogP contribution in [0.4, 0.5) is 0 Å². The number of benzene rings is 1. The number of aromatic nitrogens is 1. The van der Waals surface area contributed by atoms with E-state index in [1.165, 1.54) is 0 Å². The molecule has 0 radical (unpaired) electrons. The van der Waals surface area contributed by atoms with E-state index in [4.69, 9.17) is 11.6 Å². The number of piperazine rings is 1. The van der Waals surface area contributed by atoms with E-state index in [-0.39, 0.29) is 11.9 Å². The van der Waals surface area contributed by atoms with Gasteiger partial charge in [0.2, 0.25) is 0 Å². The summed E-state index contributed by atoms with van der Waals surface area (Å²) in [5, 5.41) is 4.02. The Bertz CT molecular complexity index is 632. The van der Waals surface area contributed by atoms with Gasteiger partial charge < -0.3 is 10.2 Å². The zero-order valence-corrected chi connectivity index (χ0v) is 12.3. The van der Waals surface area contributed by atoms with Gasteiger partial charge in [0.05, 0.1) is 11.6 Å². The van der Waals surface area contributed by atoms with Crippen LogP contribution >= 0.6 is 11.6 Å². The molecule has 4 nitrogen and oxygen atoms in total. The minimum atomic E-state index is -0.00911. The molecule has 5 heteroatoms. The van der Waals surface area contributed by atoms with Crippen molar-refractivity contribution >= 4 is 17.5 Å². The maximum absolute atomic E-state index is 12.7. The summed E-state index contributed by atoms with van der Waals surface area (Å²) >= 11 is 6.07. The summed E-state index contributed by atoms with van der Waals surface area (Å²) in [7, 11) is 0. The van der Waals surface area contributed by atoms with Gasteiger partial charge in [-0.25, -0.2) is 0 Å². The lowest BCUT2D eigenvalue weighted by atomic mass is 10.0. The Labute approximate surface area is 128 Å². The number of nitrogens with zero attached hydrogens (tertiary/aromatic N) is 2. The summed E-state index contributed by atoms with van der Waals surface area (Å²) in [6.07, 6.45) is 3.28. The fourth-order valence-electron chi connectivity index (χ4n) is 2.61. The standard InChI is InChI=1S/C16H16ClN3O/c17-14-5-1-3-12(9-14)15-11-19-7-8-20(15)16(21)13-4-2-6-18-10-13/h1-6,9-10,15,19H,7-8,11H2. The topological polar surface area (TPSA) is 45.2 Å². The van der Waals surface area contributed by atoms with Gasteiger partial charge in [-0.3, -0.25) is 9.78 Å². The molecule has 3 rings (SSSR count). The van der Waals surface area contributed by atoms with Gasteiger partial charge in [0.25, 0.3) is 5.91 Å². The third-order valence-corrected chi connectivity index (χ3v) is 3.88. The van der Waals surface area contributed by atoms with Crippen LogP contribution in [0.5, 0.6) is 0 Å². The van der Waals surface area contributed by atoms with Crippen molar-refractivity contribution in [2.75, 3.05) is 19.6 Å². The molecule has 1 N–H and O–H groups in total. The minimum absolute atomic E-state index is 0.00887. The molecule has 0 spiro atoms. The van der Waals surface area contributed by atoms with Gasteiger partial charge in [-0.1, -0.05) is 23.7 Å². The first kappa shape index (κ1) is 14.0. The molecule has 21 heavy (non-hydrogen) atoms. The Hall–Kier alpha value is -1.91. The summed E-state index contributed by atoms with van der Waals surface area (Å²) in [5.41, 5.74) is 1.67. The van der Waals surface area contributed by atoms with Gasteiger partial charge in [0.1, 0.15) is 0 Å². The zero-order chi connectivity index (χ0) is 14.7. The fourth-order valence-corrected chi connectivity index (χ4v) is 2.81. The van der Waals surface area contributed by atoms with Crippen LogP contribution in [0.1, 0.15) is 22.0 Å². The Balaban J connectivity index is 1.90. The highest BCUT2D eigenvalue weighted by Crippen LogP contribution is 2.26. The molecular formula is C16H16ClN3O. The van der Waals surface area contributed by atoms with E-state index >= 15 is 0 Å². The molecule has 1 aromatic carbocycles. The molecule has 0 aliphatic carbocycles. The van der Waals surface area contributed by atoms with Crippen molar-refractivity contribution in [3.63, 3.8) is 0 Å². The van der Waals surface area contributed by atoms with Crippen LogP contribution in [0.25, 0.3) is 0 Å². The van der Waals surface area contributed by atoms with Crippen molar-refractivity contribution in [1.29, 1.82) is 0 Å². The number of hydrogen-bond acceptors (Lipinski definition) is 3. The lowest BCUT2D eigenvalue weighted by Gasteiger charge is -2.36. The zero-order valence-electron chi connectivity index (χ0n) is 11.5. The van der Waals surface area contributed by atoms with Crippen LogP contribution in [0.15, 0.2) is 48.8 Å². The van der Waals surface area contributed by atoms with Crippen LogP contribution in [-0.4, -0.2) is 35.4 Å². The average molecular weight is 302 g/mol. The molecule has 1 aliphatic heterocycles. The second kappa shape index (κ2) is 6.24. The van der Waals surface area contributed by atoms with Gasteiger partial charge in [-0.15, -0.1) is 0 Å². The summed E-state index contributed by atoms with van der Waals surface area (Å²) < 4.78 is 0. The van der Waals surface area contributed by atoms with E-state index in [9.17, 15) is 4.79 Å². The van der Waals surface area contributed by atoms with E-state index in [0.29, 0.717) is 17.1 Å². The first-order valence-electron chi connectivity index (χ1n) is 6.93. The third kappa shape index (κ3) is 3.06. The van der Waals surface area contributed by atoms with Gasteiger partial charge in [-0.05, 0) is 29.8 Å². The quantitative estimate of drug-likeness (QED) is 0.927. The van der Waals surface area contributed by atoms with Crippen molar-refractivity contribution in [3.8, 4) is 0 Å². The number of hydrogen-bond donors (Lipinski definition) is 1. The van der Waals surface area contributed by atoms with Crippen molar-refractivity contribution < 1.29 is 4.79 Å². The molecule has 2 heterocycles. The monoisotopic (exact) mass is 301 g/mol. The van der Waals surface area contributed by atoms with E-state index in [1.54, 1.807) is 24.5 Å². The van der Waals surface area contributed by atoms with E-state index in [1.807, 2.05) is 29.2 Å². The Morgan fingerprint density at radius 1 is 1.33 bits per heavy atom. The van der Waals surface area contributed by atoms with Crippen molar-refractivity contribution in [3.05, 3.63) is 64.9 Å². The summed E-state index contributed by atoms with van der Waals surface area (Å²) in [5.74, 6) is 0.00887.